The molecule has 25 heavy (non-hydrogen) atoms. The second-order valence-corrected chi connectivity index (χ2v) is 7.03. The van der Waals surface area contributed by atoms with Gasteiger partial charge in [-0.25, -0.2) is 0 Å². The molecule has 2 fully saturated rings. The van der Waals surface area contributed by atoms with Crippen LogP contribution in [0.2, 0.25) is 0 Å². The van der Waals surface area contributed by atoms with Crippen molar-refractivity contribution in [2.24, 2.45) is 0 Å². The lowest BCUT2D eigenvalue weighted by Crippen LogP contribution is -2.51. The number of nitrogens with zero attached hydrogens (tertiary/aromatic N) is 1. The number of aromatic nitrogens is 1. The van der Waals surface area contributed by atoms with Crippen molar-refractivity contribution in [2.75, 3.05) is 19.7 Å². The van der Waals surface area contributed by atoms with Crippen molar-refractivity contribution < 1.29 is 14.3 Å². The van der Waals surface area contributed by atoms with Crippen LogP contribution in [0.1, 0.15) is 34.5 Å². The number of fused-ring (bicyclic) bond motifs is 2. The largest absolute Gasteiger partial charge is 0.366 e. The minimum absolute atomic E-state index is 0.00699. The summed E-state index contributed by atoms with van der Waals surface area (Å²) in [5, 5.41) is 4.09. The number of benzene rings is 1. The van der Waals surface area contributed by atoms with Gasteiger partial charge < -0.3 is 19.9 Å². The number of hydrogen-bond donors (Lipinski definition) is 2. The van der Waals surface area contributed by atoms with Crippen molar-refractivity contribution in [1.29, 1.82) is 0 Å². The number of nitrogens with one attached hydrogen (secondary N) is 2. The van der Waals surface area contributed by atoms with E-state index in [0.717, 1.165) is 29.4 Å². The Morgan fingerprint density at radius 1 is 1.24 bits per heavy atom. The first-order valence-electron chi connectivity index (χ1n) is 8.82. The first kappa shape index (κ1) is 16.1. The van der Waals surface area contributed by atoms with Crippen LogP contribution in [0, 0.1) is 13.8 Å². The standard InChI is InChI=1S/C19H23N3O3/c1-11-12(2)20-15-4-3-13(9-14(11)15)19(24)22-7-5-16-17(6-8-22)25-10-18(23)21-16/h3-4,9,16-17,20H,5-8,10H2,1-2H3,(H,21,23)/t16-,17-/m0/s1. The van der Waals surface area contributed by atoms with Gasteiger partial charge in [-0.05, 0) is 50.5 Å². The molecule has 0 radical (unpaired) electrons. The van der Waals surface area contributed by atoms with E-state index < -0.39 is 0 Å². The van der Waals surface area contributed by atoms with Crippen LogP contribution >= 0.6 is 0 Å². The molecule has 2 saturated heterocycles. The van der Waals surface area contributed by atoms with Gasteiger partial charge in [0.05, 0.1) is 12.1 Å². The summed E-state index contributed by atoms with van der Waals surface area (Å²) >= 11 is 0. The van der Waals surface area contributed by atoms with E-state index in [1.54, 1.807) is 0 Å². The molecule has 2 atom stereocenters. The zero-order valence-corrected chi connectivity index (χ0v) is 14.6. The maximum Gasteiger partial charge on any atom is 0.253 e. The summed E-state index contributed by atoms with van der Waals surface area (Å²) in [7, 11) is 0. The summed E-state index contributed by atoms with van der Waals surface area (Å²) in [4.78, 5) is 29.7. The zero-order chi connectivity index (χ0) is 17.6. The number of morpholine rings is 1. The smallest absolute Gasteiger partial charge is 0.253 e. The number of ether oxygens (including phenoxy) is 1. The van der Waals surface area contributed by atoms with Crippen LogP contribution in [-0.2, 0) is 9.53 Å². The number of aromatic amines is 1. The monoisotopic (exact) mass is 341 g/mol. The molecule has 0 bridgehead atoms. The molecule has 2 aliphatic rings. The number of likely N-dealkylation sites (tertiary alicyclic amines) is 1. The average molecular weight is 341 g/mol. The molecular formula is C19H23N3O3. The molecule has 6 nitrogen and oxygen atoms in total. The summed E-state index contributed by atoms with van der Waals surface area (Å²) in [6.07, 6.45) is 1.49. The highest BCUT2D eigenvalue weighted by Crippen LogP contribution is 2.24. The van der Waals surface area contributed by atoms with E-state index in [4.69, 9.17) is 4.74 Å². The van der Waals surface area contributed by atoms with Crippen LogP contribution in [0.25, 0.3) is 10.9 Å². The van der Waals surface area contributed by atoms with Gasteiger partial charge >= 0.3 is 0 Å². The summed E-state index contributed by atoms with van der Waals surface area (Å²) in [5.74, 6) is -0.0186. The Kier molecular flexibility index (Phi) is 4.00. The maximum atomic E-state index is 13.0. The summed E-state index contributed by atoms with van der Waals surface area (Å²) in [6, 6.07) is 5.85. The quantitative estimate of drug-likeness (QED) is 0.832. The molecule has 1 aromatic heterocycles. The fraction of sp³-hybridized carbons (Fsp3) is 0.474. The van der Waals surface area contributed by atoms with Gasteiger partial charge in [0.15, 0.2) is 0 Å². The third kappa shape index (κ3) is 2.91. The predicted molar refractivity (Wildman–Crippen MR) is 94.6 cm³/mol. The van der Waals surface area contributed by atoms with E-state index in [1.807, 2.05) is 30.0 Å². The molecule has 0 spiro atoms. The minimum atomic E-state index is -0.0650. The van der Waals surface area contributed by atoms with Crippen molar-refractivity contribution in [3.63, 3.8) is 0 Å². The van der Waals surface area contributed by atoms with Crippen LogP contribution in [0.3, 0.4) is 0 Å². The van der Waals surface area contributed by atoms with Crippen LogP contribution < -0.4 is 5.32 Å². The lowest BCUT2D eigenvalue weighted by atomic mass is 10.0. The molecule has 6 heteroatoms. The van der Waals surface area contributed by atoms with E-state index in [9.17, 15) is 9.59 Å². The molecule has 0 aliphatic carbocycles. The molecule has 4 rings (SSSR count). The van der Waals surface area contributed by atoms with Gasteiger partial charge in [-0.3, -0.25) is 9.59 Å². The Labute approximate surface area is 146 Å². The summed E-state index contributed by atoms with van der Waals surface area (Å²) in [5.41, 5.74) is 4.09. The Bertz CT molecular complexity index is 842. The Hall–Kier alpha value is -2.34. The van der Waals surface area contributed by atoms with Gasteiger partial charge in [0.25, 0.3) is 5.91 Å². The van der Waals surface area contributed by atoms with Gasteiger partial charge in [-0.15, -0.1) is 0 Å². The van der Waals surface area contributed by atoms with Crippen molar-refractivity contribution in [3.8, 4) is 0 Å². The Morgan fingerprint density at radius 2 is 2.04 bits per heavy atom. The van der Waals surface area contributed by atoms with E-state index in [-0.39, 0.29) is 30.6 Å². The highest BCUT2D eigenvalue weighted by atomic mass is 16.5. The Morgan fingerprint density at radius 3 is 2.88 bits per heavy atom. The third-order valence-corrected chi connectivity index (χ3v) is 5.46. The van der Waals surface area contributed by atoms with Gasteiger partial charge in [-0.2, -0.15) is 0 Å². The Balaban J connectivity index is 1.54. The third-order valence-electron chi connectivity index (χ3n) is 5.46. The number of carbonyl (C=O) groups excluding carboxylic acids is 2. The fourth-order valence-electron chi connectivity index (χ4n) is 3.85. The van der Waals surface area contributed by atoms with E-state index in [0.29, 0.717) is 18.7 Å². The van der Waals surface area contributed by atoms with Crippen molar-refractivity contribution in [3.05, 3.63) is 35.0 Å². The van der Waals surface area contributed by atoms with Gasteiger partial charge in [-0.1, -0.05) is 0 Å². The molecule has 3 heterocycles. The summed E-state index contributed by atoms with van der Waals surface area (Å²) in [6.45, 7) is 5.52. The normalized spacial score (nSPS) is 23.9. The van der Waals surface area contributed by atoms with Gasteiger partial charge in [0, 0.05) is 35.2 Å². The van der Waals surface area contributed by atoms with Crippen LogP contribution in [-0.4, -0.2) is 53.5 Å². The molecule has 2 aliphatic heterocycles. The van der Waals surface area contributed by atoms with Crippen molar-refractivity contribution in [2.45, 2.75) is 38.8 Å². The van der Waals surface area contributed by atoms with Crippen molar-refractivity contribution >= 4 is 22.7 Å². The second-order valence-electron chi connectivity index (χ2n) is 7.03. The van der Waals surface area contributed by atoms with Gasteiger partial charge in [0.2, 0.25) is 5.91 Å². The SMILES string of the molecule is Cc1[nH]c2ccc(C(=O)N3CC[C@@H]4NC(=O)CO[C@H]4CC3)cc2c1C. The number of amides is 2. The first-order valence-corrected chi connectivity index (χ1v) is 8.82. The summed E-state index contributed by atoms with van der Waals surface area (Å²) < 4.78 is 5.63. The van der Waals surface area contributed by atoms with Crippen LogP contribution in [0.4, 0.5) is 0 Å². The molecule has 0 unspecified atom stereocenters. The van der Waals surface area contributed by atoms with Crippen LogP contribution in [0.15, 0.2) is 18.2 Å². The first-order chi connectivity index (χ1) is 12.0. The lowest BCUT2D eigenvalue weighted by Gasteiger charge is -2.30. The molecular weight excluding hydrogens is 318 g/mol. The number of hydrogen-bond acceptors (Lipinski definition) is 3. The highest BCUT2D eigenvalue weighted by molar-refractivity contribution is 5.99. The highest BCUT2D eigenvalue weighted by Gasteiger charge is 2.33. The maximum absolute atomic E-state index is 13.0. The second kappa shape index (κ2) is 6.19. The molecule has 2 aromatic rings. The molecule has 132 valence electrons. The molecule has 1 aromatic carbocycles. The topological polar surface area (TPSA) is 74.4 Å². The fourth-order valence-corrected chi connectivity index (χ4v) is 3.85. The van der Waals surface area contributed by atoms with E-state index >= 15 is 0 Å². The predicted octanol–water partition coefficient (Wildman–Crippen LogP) is 1.90. The molecule has 2 amide bonds. The average Bonchev–Trinajstić information content (AvgIpc) is 2.78. The van der Waals surface area contributed by atoms with E-state index in [1.165, 1.54) is 5.56 Å². The molecule has 2 N–H and O–H groups in total. The van der Waals surface area contributed by atoms with Gasteiger partial charge in [0.1, 0.15) is 6.61 Å². The number of carbonyl (C=O) groups is 2. The number of aryl methyl sites for hydroxylation is 2. The lowest BCUT2D eigenvalue weighted by molar-refractivity contribution is -0.136. The van der Waals surface area contributed by atoms with Crippen molar-refractivity contribution in [1.82, 2.24) is 15.2 Å². The van der Waals surface area contributed by atoms with E-state index in [2.05, 4.69) is 17.2 Å². The minimum Gasteiger partial charge on any atom is -0.366 e. The zero-order valence-electron chi connectivity index (χ0n) is 14.6. The molecule has 0 saturated carbocycles. The van der Waals surface area contributed by atoms with Crippen LogP contribution in [0.5, 0.6) is 0 Å². The number of H-pyrrole nitrogens is 1. The number of rotatable bonds is 1.